The second-order valence-corrected chi connectivity index (χ2v) is 7.42. The Hall–Kier alpha value is -2.77. The van der Waals surface area contributed by atoms with Crippen LogP contribution in [-0.4, -0.2) is 18.1 Å². The van der Waals surface area contributed by atoms with Crippen LogP contribution in [0.4, 0.5) is 5.69 Å². The van der Waals surface area contributed by atoms with Gasteiger partial charge in [0.15, 0.2) is 0 Å². The largest absolute Gasteiger partial charge is 0.489 e. The molecule has 150 valence electrons. The minimum atomic E-state index is 0. The van der Waals surface area contributed by atoms with Crippen LogP contribution in [0.1, 0.15) is 42.5 Å². The summed E-state index contributed by atoms with van der Waals surface area (Å²) < 4.78 is 5.98. The Morgan fingerprint density at radius 1 is 1.03 bits per heavy atom. The van der Waals surface area contributed by atoms with Gasteiger partial charge in [0.2, 0.25) is 0 Å². The van der Waals surface area contributed by atoms with Gasteiger partial charge in [0, 0.05) is 41.5 Å². The highest BCUT2D eigenvalue weighted by Gasteiger charge is 2.14. The number of pyridine rings is 1. The maximum absolute atomic E-state index is 9.24. The zero-order valence-corrected chi connectivity index (χ0v) is 17.5. The minimum absolute atomic E-state index is 0. The van der Waals surface area contributed by atoms with E-state index in [9.17, 15) is 5.26 Å². The fourth-order valence-corrected chi connectivity index (χ4v) is 3.90. The normalized spacial score (nSPS) is 14.0. The summed E-state index contributed by atoms with van der Waals surface area (Å²) in [5.41, 5.74) is 4.82. The molecule has 2 heterocycles. The lowest BCUT2D eigenvalue weighted by molar-refractivity contribution is 0.306. The lowest BCUT2D eigenvalue weighted by atomic mass is 10.1. The van der Waals surface area contributed by atoms with Gasteiger partial charge in [0.05, 0.1) is 17.1 Å². The van der Waals surface area contributed by atoms with Crippen LogP contribution in [0.2, 0.25) is 0 Å². The molecule has 0 unspecified atom stereocenters. The molecule has 1 saturated heterocycles. The van der Waals surface area contributed by atoms with Crippen LogP contribution in [0.3, 0.4) is 0 Å². The van der Waals surface area contributed by atoms with Crippen molar-refractivity contribution in [2.45, 2.75) is 39.2 Å². The van der Waals surface area contributed by atoms with Crippen molar-refractivity contribution in [1.82, 2.24) is 4.98 Å². The summed E-state index contributed by atoms with van der Waals surface area (Å²) in [6.45, 7) is 4.65. The van der Waals surface area contributed by atoms with E-state index in [1.165, 1.54) is 36.8 Å². The highest BCUT2D eigenvalue weighted by molar-refractivity contribution is 5.92. The number of hydrogen-bond donors (Lipinski definition) is 0. The molecule has 29 heavy (non-hydrogen) atoms. The molecule has 0 aliphatic carbocycles. The molecule has 0 atom stereocenters. The Bertz CT molecular complexity index is 1020. The van der Waals surface area contributed by atoms with Gasteiger partial charge in [-0.1, -0.05) is 31.0 Å². The van der Waals surface area contributed by atoms with Crippen molar-refractivity contribution in [1.29, 1.82) is 5.26 Å². The van der Waals surface area contributed by atoms with E-state index in [0.29, 0.717) is 12.2 Å². The van der Waals surface area contributed by atoms with Gasteiger partial charge >= 0.3 is 0 Å². The zero-order chi connectivity index (χ0) is 19.3. The molecule has 0 N–H and O–H groups in total. The third-order valence-corrected chi connectivity index (χ3v) is 5.37. The molecule has 0 spiro atoms. The monoisotopic (exact) mass is 407 g/mol. The summed E-state index contributed by atoms with van der Waals surface area (Å²) in [7, 11) is 0. The standard InChI is InChI=1S/C24H25N3O.ClH/c1-18-14-24(27-12-6-2-3-7-13-27)22-11-10-21(15-23(22)26-18)28-17-20-9-5-4-8-19(20)16-25;/h4-5,8-11,14-15H,2-3,6-7,12-13,17H2,1H3;1H. The maximum Gasteiger partial charge on any atom is 0.122 e. The fourth-order valence-electron chi connectivity index (χ4n) is 3.90. The van der Waals surface area contributed by atoms with Crippen LogP contribution >= 0.6 is 12.4 Å². The number of anilines is 1. The van der Waals surface area contributed by atoms with Crippen LogP contribution < -0.4 is 9.64 Å². The van der Waals surface area contributed by atoms with E-state index < -0.39 is 0 Å². The van der Waals surface area contributed by atoms with Crippen molar-refractivity contribution in [3.05, 3.63) is 65.4 Å². The number of fused-ring (bicyclic) bond motifs is 1. The summed E-state index contributed by atoms with van der Waals surface area (Å²) in [4.78, 5) is 7.25. The molecule has 4 nitrogen and oxygen atoms in total. The second kappa shape index (κ2) is 9.62. The van der Waals surface area contributed by atoms with Gasteiger partial charge in [-0.15, -0.1) is 12.4 Å². The smallest absolute Gasteiger partial charge is 0.122 e. The van der Waals surface area contributed by atoms with Crippen molar-refractivity contribution < 1.29 is 4.74 Å². The van der Waals surface area contributed by atoms with Crippen molar-refractivity contribution in [2.75, 3.05) is 18.0 Å². The van der Waals surface area contributed by atoms with Gasteiger partial charge < -0.3 is 9.64 Å². The molecule has 0 amide bonds. The zero-order valence-electron chi connectivity index (χ0n) is 16.7. The Morgan fingerprint density at radius 2 is 1.79 bits per heavy atom. The van der Waals surface area contributed by atoms with Crippen LogP contribution in [0.5, 0.6) is 5.75 Å². The number of halogens is 1. The lowest BCUT2D eigenvalue weighted by Gasteiger charge is -2.24. The number of benzene rings is 2. The molecule has 1 aliphatic rings. The molecule has 3 aromatic rings. The Kier molecular flexibility index (Phi) is 6.95. The first-order chi connectivity index (χ1) is 13.7. The number of ether oxygens (including phenoxy) is 1. The Balaban J connectivity index is 0.00000240. The van der Waals surface area contributed by atoms with E-state index in [4.69, 9.17) is 9.72 Å². The molecular formula is C24H26ClN3O. The first kappa shape index (κ1) is 21.0. The summed E-state index contributed by atoms with van der Waals surface area (Å²) >= 11 is 0. The van der Waals surface area contributed by atoms with Crippen molar-refractivity contribution in [2.24, 2.45) is 0 Å². The third kappa shape index (κ3) is 4.81. The van der Waals surface area contributed by atoms with Gasteiger partial charge in [0.25, 0.3) is 0 Å². The van der Waals surface area contributed by atoms with Crippen LogP contribution in [-0.2, 0) is 6.61 Å². The molecule has 0 bridgehead atoms. The van der Waals surface area contributed by atoms with Gasteiger partial charge in [-0.2, -0.15) is 5.26 Å². The fraction of sp³-hybridized carbons (Fsp3) is 0.333. The number of hydrogen-bond acceptors (Lipinski definition) is 4. The first-order valence-corrected chi connectivity index (χ1v) is 10.0. The predicted octanol–water partition coefficient (Wildman–Crippen LogP) is 5.80. The average Bonchev–Trinajstić information content (AvgIpc) is 3.01. The highest BCUT2D eigenvalue weighted by atomic mass is 35.5. The summed E-state index contributed by atoms with van der Waals surface area (Å²) in [6.07, 6.45) is 5.14. The van der Waals surface area contributed by atoms with Crippen LogP contribution in [0, 0.1) is 18.3 Å². The van der Waals surface area contributed by atoms with Crippen LogP contribution in [0.15, 0.2) is 48.5 Å². The third-order valence-electron chi connectivity index (χ3n) is 5.37. The van der Waals surface area contributed by atoms with Gasteiger partial charge in [-0.3, -0.25) is 4.98 Å². The highest BCUT2D eigenvalue weighted by Crippen LogP contribution is 2.31. The van der Waals surface area contributed by atoms with Gasteiger partial charge in [0.1, 0.15) is 12.4 Å². The van der Waals surface area contributed by atoms with Crippen molar-refractivity contribution in [3.8, 4) is 11.8 Å². The number of rotatable bonds is 4. The van der Waals surface area contributed by atoms with Crippen molar-refractivity contribution in [3.63, 3.8) is 0 Å². The molecule has 5 heteroatoms. The van der Waals surface area contributed by atoms with Gasteiger partial charge in [-0.05, 0) is 44.0 Å². The Labute approximate surface area is 178 Å². The second-order valence-electron chi connectivity index (χ2n) is 7.42. The molecule has 1 aromatic heterocycles. The van der Waals surface area contributed by atoms with E-state index in [2.05, 4.69) is 30.0 Å². The van der Waals surface area contributed by atoms with E-state index in [1.807, 2.05) is 36.4 Å². The molecule has 2 aromatic carbocycles. The predicted molar refractivity (Wildman–Crippen MR) is 120 cm³/mol. The van der Waals surface area contributed by atoms with E-state index in [0.717, 1.165) is 35.6 Å². The van der Waals surface area contributed by atoms with E-state index in [1.54, 1.807) is 0 Å². The summed E-state index contributed by atoms with van der Waals surface area (Å²) in [5, 5.41) is 10.4. The minimum Gasteiger partial charge on any atom is -0.489 e. The SMILES string of the molecule is Cc1cc(N2CCCCCC2)c2ccc(OCc3ccccc3C#N)cc2n1.Cl. The van der Waals surface area contributed by atoms with Crippen LogP contribution in [0.25, 0.3) is 10.9 Å². The molecule has 0 radical (unpaired) electrons. The number of nitrogens with zero attached hydrogens (tertiary/aromatic N) is 3. The molecular weight excluding hydrogens is 382 g/mol. The number of aromatic nitrogens is 1. The first-order valence-electron chi connectivity index (χ1n) is 10.0. The molecule has 1 aliphatic heterocycles. The quantitative estimate of drug-likeness (QED) is 0.548. The van der Waals surface area contributed by atoms with Gasteiger partial charge in [-0.25, -0.2) is 0 Å². The number of nitriles is 1. The molecule has 1 fully saturated rings. The Morgan fingerprint density at radius 3 is 2.55 bits per heavy atom. The lowest BCUT2D eigenvalue weighted by Crippen LogP contribution is -2.24. The molecule has 0 saturated carbocycles. The topological polar surface area (TPSA) is 49.1 Å². The summed E-state index contributed by atoms with van der Waals surface area (Å²) in [6, 6.07) is 18.1. The van der Waals surface area contributed by atoms with E-state index in [-0.39, 0.29) is 12.4 Å². The van der Waals surface area contributed by atoms with Crippen molar-refractivity contribution >= 4 is 29.0 Å². The van der Waals surface area contributed by atoms with E-state index >= 15 is 0 Å². The summed E-state index contributed by atoms with van der Waals surface area (Å²) in [5.74, 6) is 0.778. The molecule has 4 rings (SSSR count). The average molecular weight is 408 g/mol. The number of aryl methyl sites for hydroxylation is 1. The maximum atomic E-state index is 9.24.